The van der Waals surface area contributed by atoms with Gasteiger partial charge in [0, 0.05) is 5.39 Å². The monoisotopic (exact) mass is 284 g/mol. The van der Waals surface area contributed by atoms with Gasteiger partial charge in [-0.1, -0.05) is 18.2 Å². The number of hydrogen-bond acceptors (Lipinski definition) is 5. The van der Waals surface area contributed by atoms with Gasteiger partial charge < -0.3 is 5.11 Å². The molecule has 21 heavy (non-hydrogen) atoms. The molecule has 0 unspecified atom stereocenters. The summed E-state index contributed by atoms with van der Waals surface area (Å²) in [5.74, 6) is -1.18. The fraction of sp³-hybridized carbons (Fsp3) is 0. The van der Waals surface area contributed by atoms with Crippen molar-refractivity contribution in [1.82, 2.24) is 14.8 Å². The van der Waals surface area contributed by atoms with E-state index in [2.05, 4.69) is 10.1 Å². The van der Waals surface area contributed by atoms with Crippen LogP contribution in [0.3, 0.4) is 0 Å². The number of fused-ring (bicyclic) bond motifs is 1. The van der Waals surface area contributed by atoms with E-state index in [4.69, 9.17) is 5.11 Å². The third-order valence-corrected chi connectivity index (χ3v) is 2.94. The zero-order valence-electron chi connectivity index (χ0n) is 10.5. The molecule has 0 aliphatic heterocycles. The van der Waals surface area contributed by atoms with Gasteiger partial charge in [0.1, 0.15) is 12.4 Å². The Kier molecular flexibility index (Phi) is 2.83. The molecule has 3 aromatic rings. The van der Waals surface area contributed by atoms with Gasteiger partial charge in [-0.15, -0.1) is 0 Å². The third kappa shape index (κ3) is 2.18. The van der Waals surface area contributed by atoms with Crippen molar-refractivity contribution in [2.75, 3.05) is 0 Å². The van der Waals surface area contributed by atoms with E-state index < -0.39 is 10.9 Å². The minimum atomic E-state index is -1.18. The Morgan fingerprint density at radius 3 is 2.76 bits per heavy atom. The first-order valence-corrected chi connectivity index (χ1v) is 5.89. The molecule has 104 valence electrons. The number of para-hydroxylation sites is 1. The highest BCUT2D eigenvalue weighted by Crippen LogP contribution is 2.23. The van der Waals surface area contributed by atoms with E-state index in [1.54, 1.807) is 24.3 Å². The van der Waals surface area contributed by atoms with Crippen molar-refractivity contribution in [2.45, 2.75) is 0 Å². The number of carbonyl (C=O) groups is 1. The first kappa shape index (κ1) is 12.7. The minimum Gasteiger partial charge on any atom is -0.477 e. The number of carboxylic acid groups (broad SMARTS) is 1. The summed E-state index contributed by atoms with van der Waals surface area (Å²) in [6.07, 6.45) is 2.34. The Morgan fingerprint density at radius 2 is 2.10 bits per heavy atom. The van der Waals surface area contributed by atoms with Gasteiger partial charge in [-0.2, -0.15) is 5.10 Å². The zero-order chi connectivity index (χ0) is 15.0. The Hall–Kier alpha value is -3.29. The van der Waals surface area contributed by atoms with Crippen molar-refractivity contribution in [3.8, 4) is 5.69 Å². The summed E-state index contributed by atoms with van der Waals surface area (Å²) in [5.41, 5.74) is 0.575. The lowest BCUT2D eigenvalue weighted by Crippen LogP contribution is -2.04. The minimum absolute atomic E-state index is 0.151. The van der Waals surface area contributed by atoms with E-state index in [-0.39, 0.29) is 11.4 Å². The second kappa shape index (κ2) is 4.67. The Balaban J connectivity index is 2.28. The number of rotatable bonds is 3. The van der Waals surface area contributed by atoms with Gasteiger partial charge in [0.2, 0.25) is 0 Å². The van der Waals surface area contributed by atoms with Crippen molar-refractivity contribution < 1.29 is 14.8 Å². The fourth-order valence-electron chi connectivity index (χ4n) is 2.00. The number of pyridine rings is 1. The number of hydrogen-bond donors (Lipinski definition) is 1. The van der Waals surface area contributed by atoms with Gasteiger partial charge >= 0.3 is 11.7 Å². The van der Waals surface area contributed by atoms with Crippen molar-refractivity contribution in [3.05, 3.63) is 58.5 Å². The van der Waals surface area contributed by atoms with Gasteiger partial charge in [-0.05, 0) is 12.1 Å². The van der Waals surface area contributed by atoms with Crippen LogP contribution < -0.4 is 0 Å². The van der Waals surface area contributed by atoms with Crippen LogP contribution in [0.4, 0.5) is 5.69 Å². The fourth-order valence-corrected chi connectivity index (χ4v) is 2.00. The molecule has 1 N–H and O–H groups in total. The molecule has 2 aromatic heterocycles. The maximum atomic E-state index is 11.1. The number of aromatic carboxylic acids is 1. The molecule has 8 nitrogen and oxygen atoms in total. The highest BCUT2D eigenvalue weighted by atomic mass is 16.6. The third-order valence-electron chi connectivity index (χ3n) is 2.94. The summed E-state index contributed by atoms with van der Waals surface area (Å²) in [5, 5.41) is 24.4. The predicted molar refractivity (Wildman–Crippen MR) is 72.5 cm³/mol. The average molecular weight is 284 g/mol. The van der Waals surface area contributed by atoms with Crippen LogP contribution in [-0.4, -0.2) is 30.8 Å². The Morgan fingerprint density at radius 1 is 1.33 bits per heavy atom. The van der Waals surface area contributed by atoms with Crippen LogP contribution >= 0.6 is 0 Å². The molecule has 0 bridgehead atoms. The van der Waals surface area contributed by atoms with Crippen molar-refractivity contribution in [1.29, 1.82) is 0 Å². The summed E-state index contributed by atoms with van der Waals surface area (Å²) in [6.45, 7) is 0. The molecule has 0 atom stereocenters. The van der Waals surface area contributed by atoms with E-state index in [9.17, 15) is 14.9 Å². The quantitative estimate of drug-likeness (QED) is 0.581. The molecule has 0 saturated carbocycles. The molecule has 0 spiro atoms. The van der Waals surface area contributed by atoms with Crippen molar-refractivity contribution >= 4 is 22.6 Å². The van der Waals surface area contributed by atoms with Gasteiger partial charge in [-0.25, -0.2) is 14.5 Å². The van der Waals surface area contributed by atoms with Crippen LogP contribution in [-0.2, 0) is 0 Å². The van der Waals surface area contributed by atoms with E-state index in [0.717, 1.165) is 6.20 Å². The zero-order valence-corrected chi connectivity index (χ0v) is 10.5. The topological polar surface area (TPSA) is 111 Å². The van der Waals surface area contributed by atoms with Gasteiger partial charge in [0.15, 0.2) is 5.69 Å². The molecule has 0 radical (unpaired) electrons. The lowest BCUT2D eigenvalue weighted by atomic mass is 10.1. The molecule has 0 fully saturated rings. The molecule has 0 aliphatic rings. The second-order valence-corrected chi connectivity index (χ2v) is 4.25. The molecule has 0 saturated heterocycles. The molecule has 3 rings (SSSR count). The number of aromatic nitrogens is 3. The summed E-state index contributed by atoms with van der Waals surface area (Å²) >= 11 is 0. The summed E-state index contributed by atoms with van der Waals surface area (Å²) < 4.78 is 1.27. The number of nitrogens with zero attached hydrogens (tertiary/aromatic N) is 4. The number of benzene rings is 1. The lowest BCUT2D eigenvalue weighted by Gasteiger charge is -2.07. The van der Waals surface area contributed by atoms with Crippen LogP contribution in [0.2, 0.25) is 0 Å². The SMILES string of the molecule is O=C(O)c1cc(-n2cc([N+](=O)[O-])cn2)c2ccccc2n1. The van der Waals surface area contributed by atoms with Crippen LogP contribution in [0, 0.1) is 10.1 Å². The molecule has 2 heterocycles. The normalized spacial score (nSPS) is 10.7. The molecule has 0 amide bonds. The predicted octanol–water partition coefficient (Wildman–Crippen LogP) is 2.03. The smallest absolute Gasteiger partial charge is 0.354 e. The molecular weight excluding hydrogens is 276 g/mol. The standard InChI is InChI=1S/C13H8N4O4/c18-13(19)11-5-12(9-3-1-2-4-10(9)15-11)16-7-8(6-14-16)17(20)21/h1-7H,(H,18,19). The number of carboxylic acids is 1. The van der Waals surface area contributed by atoms with Gasteiger partial charge in [-0.3, -0.25) is 10.1 Å². The maximum Gasteiger partial charge on any atom is 0.354 e. The van der Waals surface area contributed by atoms with Crippen LogP contribution in [0.15, 0.2) is 42.7 Å². The van der Waals surface area contributed by atoms with E-state index in [0.29, 0.717) is 16.6 Å². The van der Waals surface area contributed by atoms with Crippen LogP contribution in [0.25, 0.3) is 16.6 Å². The molecule has 1 aromatic carbocycles. The Bertz CT molecular complexity index is 871. The lowest BCUT2D eigenvalue weighted by molar-refractivity contribution is -0.384. The molecular formula is C13H8N4O4. The van der Waals surface area contributed by atoms with E-state index in [1.807, 2.05) is 0 Å². The molecule has 8 heteroatoms. The summed E-state index contributed by atoms with van der Waals surface area (Å²) in [6, 6.07) is 8.25. The van der Waals surface area contributed by atoms with Gasteiger partial charge in [0.05, 0.1) is 16.1 Å². The second-order valence-electron chi connectivity index (χ2n) is 4.25. The largest absolute Gasteiger partial charge is 0.477 e. The summed E-state index contributed by atoms with van der Waals surface area (Å²) in [4.78, 5) is 25.3. The van der Waals surface area contributed by atoms with Gasteiger partial charge in [0.25, 0.3) is 0 Å². The maximum absolute atomic E-state index is 11.1. The van der Waals surface area contributed by atoms with Crippen LogP contribution in [0.1, 0.15) is 10.5 Å². The number of nitro groups is 1. The Labute approximate surface area is 117 Å². The van der Waals surface area contributed by atoms with E-state index >= 15 is 0 Å². The first-order chi connectivity index (χ1) is 10.1. The highest BCUT2D eigenvalue weighted by molar-refractivity contribution is 5.94. The highest BCUT2D eigenvalue weighted by Gasteiger charge is 2.15. The van der Waals surface area contributed by atoms with Crippen molar-refractivity contribution in [3.63, 3.8) is 0 Å². The van der Waals surface area contributed by atoms with E-state index in [1.165, 1.54) is 16.9 Å². The first-order valence-electron chi connectivity index (χ1n) is 5.89. The summed E-state index contributed by atoms with van der Waals surface area (Å²) in [7, 11) is 0. The van der Waals surface area contributed by atoms with Crippen LogP contribution in [0.5, 0.6) is 0 Å². The molecule has 0 aliphatic carbocycles. The van der Waals surface area contributed by atoms with Crippen molar-refractivity contribution in [2.24, 2.45) is 0 Å². The average Bonchev–Trinajstić information content (AvgIpc) is 2.96.